The maximum absolute atomic E-state index is 13.0. The van der Waals surface area contributed by atoms with Crippen LogP contribution in [-0.2, 0) is 11.3 Å². The Kier molecular flexibility index (Phi) is 4.24. The SMILES string of the molecule is COC(=O)c1ccc(OCc2cc(F)cc(F)c2)nc1. The van der Waals surface area contributed by atoms with E-state index in [2.05, 4.69) is 9.72 Å². The third-order valence-corrected chi connectivity index (χ3v) is 2.47. The van der Waals surface area contributed by atoms with E-state index >= 15 is 0 Å². The van der Waals surface area contributed by atoms with Gasteiger partial charge in [0.05, 0.1) is 12.7 Å². The van der Waals surface area contributed by atoms with Crippen LogP contribution in [0.25, 0.3) is 0 Å². The molecule has 0 aliphatic carbocycles. The standard InChI is InChI=1S/C14H11F2NO3/c1-19-14(18)10-2-3-13(17-7-10)20-8-9-4-11(15)6-12(16)5-9/h2-7H,8H2,1H3. The van der Waals surface area contributed by atoms with E-state index < -0.39 is 17.6 Å². The maximum atomic E-state index is 13.0. The van der Waals surface area contributed by atoms with Gasteiger partial charge in [0.15, 0.2) is 0 Å². The number of nitrogens with zero attached hydrogens (tertiary/aromatic N) is 1. The highest BCUT2D eigenvalue weighted by atomic mass is 19.1. The van der Waals surface area contributed by atoms with Crippen LogP contribution >= 0.6 is 0 Å². The number of aromatic nitrogens is 1. The van der Waals surface area contributed by atoms with Crippen LogP contribution < -0.4 is 4.74 Å². The van der Waals surface area contributed by atoms with Crippen LogP contribution in [0.4, 0.5) is 8.78 Å². The van der Waals surface area contributed by atoms with Crippen LogP contribution in [0.2, 0.25) is 0 Å². The minimum absolute atomic E-state index is 0.0285. The van der Waals surface area contributed by atoms with E-state index in [9.17, 15) is 13.6 Å². The van der Waals surface area contributed by atoms with E-state index in [-0.39, 0.29) is 18.1 Å². The van der Waals surface area contributed by atoms with E-state index in [1.54, 1.807) is 0 Å². The number of hydrogen-bond acceptors (Lipinski definition) is 4. The van der Waals surface area contributed by atoms with E-state index in [1.807, 2.05) is 0 Å². The van der Waals surface area contributed by atoms with E-state index in [4.69, 9.17) is 4.74 Å². The van der Waals surface area contributed by atoms with Gasteiger partial charge in [-0.1, -0.05) is 0 Å². The Bertz CT molecular complexity index is 594. The molecule has 0 saturated carbocycles. The zero-order chi connectivity index (χ0) is 14.5. The Morgan fingerprint density at radius 2 is 1.90 bits per heavy atom. The molecule has 0 unspecified atom stereocenters. The molecule has 0 spiro atoms. The van der Waals surface area contributed by atoms with Crippen molar-refractivity contribution in [2.45, 2.75) is 6.61 Å². The van der Waals surface area contributed by atoms with E-state index in [0.717, 1.165) is 6.07 Å². The van der Waals surface area contributed by atoms with E-state index in [1.165, 1.54) is 37.6 Å². The Morgan fingerprint density at radius 3 is 2.45 bits per heavy atom. The first-order valence-electron chi connectivity index (χ1n) is 5.70. The largest absolute Gasteiger partial charge is 0.473 e. The molecule has 0 atom stereocenters. The maximum Gasteiger partial charge on any atom is 0.339 e. The van der Waals surface area contributed by atoms with Crippen molar-refractivity contribution in [3.05, 3.63) is 59.3 Å². The van der Waals surface area contributed by atoms with Gasteiger partial charge in [-0.25, -0.2) is 18.6 Å². The number of methoxy groups -OCH3 is 1. The fraction of sp³-hybridized carbons (Fsp3) is 0.143. The molecule has 0 aliphatic rings. The molecule has 0 aliphatic heterocycles. The molecule has 0 radical (unpaired) electrons. The van der Waals surface area contributed by atoms with Crippen LogP contribution in [0.5, 0.6) is 5.88 Å². The molecule has 104 valence electrons. The molecule has 4 nitrogen and oxygen atoms in total. The zero-order valence-electron chi connectivity index (χ0n) is 10.6. The monoisotopic (exact) mass is 279 g/mol. The fourth-order valence-electron chi connectivity index (χ4n) is 1.56. The molecule has 2 aromatic rings. The molecule has 0 fully saturated rings. The summed E-state index contributed by atoms with van der Waals surface area (Å²) in [5, 5.41) is 0. The lowest BCUT2D eigenvalue weighted by molar-refractivity contribution is 0.0600. The lowest BCUT2D eigenvalue weighted by Gasteiger charge is -2.06. The summed E-state index contributed by atoms with van der Waals surface area (Å²) in [6.07, 6.45) is 1.30. The molecule has 0 saturated heterocycles. The molecule has 1 aromatic heterocycles. The van der Waals surface area contributed by atoms with Crippen molar-refractivity contribution in [1.82, 2.24) is 4.98 Å². The van der Waals surface area contributed by atoms with Crippen molar-refractivity contribution in [3.8, 4) is 5.88 Å². The number of carbonyl (C=O) groups excluding carboxylic acids is 1. The molecule has 2 rings (SSSR count). The van der Waals surface area contributed by atoms with Crippen LogP contribution in [0.15, 0.2) is 36.5 Å². The summed E-state index contributed by atoms with van der Waals surface area (Å²) in [4.78, 5) is 15.1. The predicted octanol–water partition coefficient (Wildman–Crippen LogP) is 2.73. The first kappa shape index (κ1) is 13.9. The van der Waals surface area contributed by atoms with Gasteiger partial charge in [-0.15, -0.1) is 0 Å². The molecule has 1 aromatic carbocycles. The number of halogens is 2. The van der Waals surface area contributed by atoms with Crippen LogP contribution in [0.1, 0.15) is 15.9 Å². The van der Waals surface area contributed by atoms with Gasteiger partial charge in [-0.05, 0) is 23.8 Å². The first-order chi connectivity index (χ1) is 9.58. The van der Waals surface area contributed by atoms with Gasteiger partial charge < -0.3 is 9.47 Å². The first-order valence-corrected chi connectivity index (χ1v) is 5.70. The number of carbonyl (C=O) groups is 1. The highest BCUT2D eigenvalue weighted by Crippen LogP contribution is 2.13. The van der Waals surface area contributed by atoms with Crippen molar-refractivity contribution < 1.29 is 23.0 Å². The Balaban J connectivity index is 2.02. The quantitative estimate of drug-likeness (QED) is 0.807. The van der Waals surface area contributed by atoms with E-state index in [0.29, 0.717) is 5.56 Å². The van der Waals surface area contributed by atoms with Gasteiger partial charge in [-0.2, -0.15) is 0 Å². The van der Waals surface area contributed by atoms with Gasteiger partial charge >= 0.3 is 5.97 Å². The number of benzene rings is 1. The number of rotatable bonds is 4. The summed E-state index contributed by atoms with van der Waals surface area (Å²) in [6.45, 7) is -0.0285. The molecule has 1 heterocycles. The van der Waals surface area contributed by atoms with Crippen molar-refractivity contribution in [2.75, 3.05) is 7.11 Å². The summed E-state index contributed by atoms with van der Waals surface area (Å²) in [6, 6.07) is 6.09. The molecule has 20 heavy (non-hydrogen) atoms. The topological polar surface area (TPSA) is 48.4 Å². The van der Waals surface area contributed by atoms with Crippen molar-refractivity contribution in [3.63, 3.8) is 0 Å². The molecular weight excluding hydrogens is 268 g/mol. The van der Waals surface area contributed by atoms with Crippen LogP contribution in [0.3, 0.4) is 0 Å². The average molecular weight is 279 g/mol. The van der Waals surface area contributed by atoms with Crippen molar-refractivity contribution in [1.29, 1.82) is 0 Å². The number of hydrogen-bond donors (Lipinski definition) is 0. The van der Waals surface area contributed by atoms with Gasteiger partial charge in [0, 0.05) is 18.3 Å². The smallest absolute Gasteiger partial charge is 0.339 e. The number of ether oxygens (including phenoxy) is 2. The average Bonchev–Trinajstić information content (AvgIpc) is 2.44. The number of esters is 1. The van der Waals surface area contributed by atoms with Gasteiger partial charge in [-0.3, -0.25) is 0 Å². The fourth-order valence-corrected chi connectivity index (χ4v) is 1.56. The van der Waals surface area contributed by atoms with Crippen molar-refractivity contribution in [2.24, 2.45) is 0 Å². The third-order valence-electron chi connectivity index (χ3n) is 2.47. The second-order valence-corrected chi connectivity index (χ2v) is 3.94. The molecule has 6 heteroatoms. The normalized spacial score (nSPS) is 10.2. The van der Waals surface area contributed by atoms with Crippen molar-refractivity contribution >= 4 is 5.97 Å². The number of pyridine rings is 1. The Morgan fingerprint density at radius 1 is 1.20 bits per heavy atom. The summed E-state index contributed by atoms with van der Waals surface area (Å²) in [5.74, 6) is -1.60. The highest BCUT2D eigenvalue weighted by Gasteiger charge is 2.06. The molecule has 0 bridgehead atoms. The predicted molar refractivity (Wildman–Crippen MR) is 66.3 cm³/mol. The minimum Gasteiger partial charge on any atom is -0.473 e. The summed E-state index contributed by atoms with van der Waals surface area (Å²) < 4.78 is 35.7. The van der Waals surface area contributed by atoms with Crippen LogP contribution in [0, 0.1) is 11.6 Å². The second kappa shape index (κ2) is 6.10. The summed E-state index contributed by atoms with van der Waals surface area (Å²) in [7, 11) is 1.27. The second-order valence-electron chi connectivity index (χ2n) is 3.94. The lowest BCUT2D eigenvalue weighted by atomic mass is 10.2. The summed E-state index contributed by atoms with van der Waals surface area (Å²) >= 11 is 0. The van der Waals surface area contributed by atoms with Gasteiger partial charge in [0.2, 0.25) is 5.88 Å². The zero-order valence-corrected chi connectivity index (χ0v) is 10.6. The minimum atomic E-state index is -0.669. The molecule has 0 amide bonds. The lowest BCUT2D eigenvalue weighted by Crippen LogP contribution is -2.03. The third kappa shape index (κ3) is 3.50. The summed E-state index contributed by atoms with van der Waals surface area (Å²) in [5.41, 5.74) is 0.637. The Hall–Kier alpha value is -2.50. The molecular formula is C14H11F2NO3. The van der Waals surface area contributed by atoms with Gasteiger partial charge in [0.25, 0.3) is 0 Å². The van der Waals surface area contributed by atoms with Gasteiger partial charge in [0.1, 0.15) is 18.2 Å². The molecule has 0 N–H and O–H groups in total. The Labute approximate surface area is 114 Å². The van der Waals surface area contributed by atoms with Crippen LogP contribution in [-0.4, -0.2) is 18.1 Å². The highest BCUT2D eigenvalue weighted by molar-refractivity contribution is 5.88.